The molecule has 0 saturated heterocycles. The fourth-order valence-corrected chi connectivity index (χ4v) is 2.12. The van der Waals surface area contributed by atoms with Crippen molar-refractivity contribution in [2.45, 2.75) is 20.3 Å². The molecule has 0 bridgehead atoms. The Labute approximate surface area is 116 Å². The third-order valence-electron chi connectivity index (χ3n) is 2.74. The van der Waals surface area contributed by atoms with Crippen LogP contribution < -0.4 is 5.32 Å². The number of nitrogens with zero attached hydrogens (tertiary/aromatic N) is 1. The molecule has 1 aromatic rings. The average molecular weight is 309 g/mol. The van der Waals surface area contributed by atoms with E-state index in [4.69, 9.17) is 5.26 Å². The second kappa shape index (κ2) is 7.17. The number of hydrogen-bond acceptors (Lipinski definition) is 2. The molecule has 1 unspecified atom stereocenters. The van der Waals surface area contributed by atoms with E-state index in [-0.39, 0.29) is 11.8 Å². The van der Waals surface area contributed by atoms with Crippen LogP contribution in [0.25, 0.3) is 0 Å². The Morgan fingerprint density at radius 3 is 2.67 bits per heavy atom. The molecule has 1 N–H and O–H groups in total. The molecule has 0 aliphatic carbocycles. The van der Waals surface area contributed by atoms with Crippen molar-refractivity contribution in [1.82, 2.24) is 5.32 Å². The van der Waals surface area contributed by atoms with Crippen LogP contribution in [0.5, 0.6) is 0 Å². The van der Waals surface area contributed by atoms with Gasteiger partial charge in [-0.3, -0.25) is 4.79 Å². The van der Waals surface area contributed by atoms with E-state index in [0.29, 0.717) is 6.54 Å². The van der Waals surface area contributed by atoms with Crippen LogP contribution in [0.4, 0.5) is 0 Å². The average Bonchev–Trinajstić information content (AvgIpc) is 2.32. The van der Waals surface area contributed by atoms with Gasteiger partial charge in [0, 0.05) is 11.0 Å². The number of carbonyl (C=O) groups excluding carboxylic acids is 1. The fraction of sp³-hybridized carbons (Fsp3) is 0.429. The molecule has 0 fully saturated rings. The normalized spacial score (nSPS) is 11.9. The molecular weight excluding hydrogens is 292 g/mol. The van der Waals surface area contributed by atoms with Gasteiger partial charge in [0.1, 0.15) is 5.92 Å². The Balaban J connectivity index is 2.46. The first-order valence-corrected chi connectivity index (χ1v) is 6.76. The molecular formula is C14H17BrN2O. The van der Waals surface area contributed by atoms with Crippen molar-refractivity contribution >= 4 is 21.8 Å². The summed E-state index contributed by atoms with van der Waals surface area (Å²) in [5, 5.41) is 11.7. The van der Waals surface area contributed by atoms with E-state index in [1.165, 1.54) is 0 Å². The van der Waals surface area contributed by atoms with Crippen LogP contribution in [-0.4, -0.2) is 12.5 Å². The zero-order valence-electron chi connectivity index (χ0n) is 10.6. The maximum absolute atomic E-state index is 11.7. The van der Waals surface area contributed by atoms with Crippen LogP contribution in [0.2, 0.25) is 0 Å². The van der Waals surface area contributed by atoms with Gasteiger partial charge in [0.05, 0.1) is 6.07 Å². The maximum atomic E-state index is 11.7. The lowest BCUT2D eigenvalue weighted by Gasteiger charge is -2.13. The quantitative estimate of drug-likeness (QED) is 0.909. The van der Waals surface area contributed by atoms with E-state index in [1.54, 1.807) is 0 Å². The number of nitrogens with one attached hydrogen (secondary N) is 1. The lowest BCUT2D eigenvalue weighted by molar-refractivity contribution is -0.124. The highest BCUT2D eigenvalue weighted by atomic mass is 79.9. The van der Waals surface area contributed by atoms with Crippen molar-refractivity contribution in [2.75, 3.05) is 6.54 Å². The minimum absolute atomic E-state index is 0.0402. The van der Waals surface area contributed by atoms with E-state index < -0.39 is 5.92 Å². The van der Waals surface area contributed by atoms with Crippen LogP contribution in [0.15, 0.2) is 28.7 Å². The topological polar surface area (TPSA) is 52.9 Å². The van der Waals surface area contributed by atoms with Crippen molar-refractivity contribution in [3.05, 3.63) is 34.3 Å². The van der Waals surface area contributed by atoms with Crippen molar-refractivity contribution < 1.29 is 4.79 Å². The van der Waals surface area contributed by atoms with Crippen molar-refractivity contribution in [3.8, 4) is 6.07 Å². The number of halogens is 1. The third kappa shape index (κ3) is 4.15. The van der Waals surface area contributed by atoms with Gasteiger partial charge in [0.15, 0.2) is 0 Å². The van der Waals surface area contributed by atoms with Crippen LogP contribution in [0.3, 0.4) is 0 Å². The van der Waals surface area contributed by atoms with Gasteiger partial charge >= 0.3 is 0 Å². The minimum atomic E-state index is -0.566. The zero-order chi connectivity index (χ0) is 13.5. The molecule has 3 nitrogen and oxygen atoms in total. The molecule has 0 spiro atoms. The highest BCUT2D eigenvalue weighted by Crippen LogP contribution is 2.16. The molecule has 1 aromatic carbocycles. The Kier molecular flexibility index (Phi) is 5.87. The second-order valence-corrected chi connectivity index (χ2v) is 5.34. The van der Waals surface area contributed by atoms with E-state index in [0.717, 1.165) is 16.5 Å². The zero-order valence-corrected chi connectivity index (χ0v) is 12.2. The Hall–Kier alpha value is -1.34. The summed E-state index contributed by atoms with van der Waals surface area (Å²) in [6, 6.07) is 9.95. The summed E-state index contributed by atoms with van der Waals surface area (Å²) in [4.78, 5) is 11.7. The monoisotopic (exact) mass is 308 g/mol. The van der Waals surface area contributed by atoms with E-state index >= 15 is 0 Å². The number of rotatable bonds is 5. The predicted molar refractivity (Wildman–Crippen MR) is 74.8 cm³/mol. The lowest BCUT2D eigenvalue weighted by atomic mass is 9.96. The summed E-state index contributed by atoms with van der Waals surface area (Å²) in [7, 11) is 0. The summed E-state index contributed by atoms with van der Waals surface area (Å²) < 4.78 is 1.04. The Morgan fingerprint density at radius 2 is 2.11 bits per heavy atom. The maximum Gasteiger partial charge on any atom is 0.237 e. The smallest absolute Gasteiger partial charge is 0.237 e. The highest BCUT2D eigenvalue weighted by molar-refractivity contribution is 9.10. The van der Waals surface area contributed by atoms with Gasteiger partial charge in [-0.1, -0.05) is 48.0 Å². The molecule has 1 atom stereocenters. The molecule has 1 amide bonds. The standard InChI is InChI=1S/C14H17BrN2O/c1-10(2)12(9-16)14(18)17-8-7-11-5-3-4-6-13(11)15/h3-6,10,12H,7-8H2,1-2H3,(H,17,18). The van der Waals surface area contributed by atoms with Gasteiger partial charge < -0.3 is 5.32 Å². The molecule has 0 aromatic heterocycles. The first kappa shape index (κ1) is 14.7. The first-order chi connectivity index (χ1) is 8.56. The summed E-state index contributed by atoms with van der Waals surface area (Å²) in [5.74, 6) is -0.706. The molecule has 0 aliphatic rings. The van der Waals surface area contributed by atoms with Gasteiger partial charge in [-0.25, -0.2) is 0 Å². The molecule has 18 heavy (non-hydrogen) atoms. The van der Waals surface area contributed by atoms with Crippen LogP contribution in [0, 0.1) is 23.2 Å². The van der Waals surface area contributed by atoms with Crippen molar-refractivity contribution in [2.24, 2.45) is 11.8 Å². The van der Waals surface area contributed by atoms with Crippen molar-refractivity contribution in [3.63, 3.8) is 0 Å². The number of hydrogen-bond donors (Lipinski definition) is 1. The lowest BCUT2D eigenvalue weighted by Crippen LogP contribution is -2.34. The van der Waals surface area contributed by atoms with Crippen molar-refractivity contribution in [1.29, 1.82) is 5.26 Å². The molecule has 96 valence electrons. The number of amides is 1. The molecule has 1 rings (SSSR count). The van der Waals surface area contributed by atoms with Crippen LogP contribution in [0.1, 0.15) is 19.4 Å². The van der Waals surface area contributed by atoms with E-state index in [1.807, 2.05) is 44.2 Å². The molecule has 0 aliphatic heterocycles. The molecule has 0 heterocycles. The van der Waals surface area contributed by atoms with Gasteiger partial charge in [-0.2, -0.15) is 5.26 Å². The summed E-state index contributed by atoms with van der Waals surface area (Å²) in [6.45, 7) is 4.30. The molecule has 0 saturated carbocycles. The van der Waals surface area contributed by atoms with Crippen LogP contribution in [-0.2, 0) is 11.2 Å². The van der Waals surface area contributed by atoms with Gasteiger partial charge in [-0.15, -0.1) is 0 Å². The van der Waals surface area contributed by atoms with E-state index in [2.05, 4.69) is 21.2 Å². The Morgan fingerprint density at radius 1 is 1.44 bits per heavy atom. The Bertz CT molecular complexity index is 451. The predicted octanol–water partition coefficient (Wildman–Crippen LogP) is 2.90. The summed E-state index contributed by atoms with van der Waals surface area (Å²) >= 11 is 3.46. The van der Waals surface area contributed by atoms with Crippen LogP contribution >= 0.6 is 15.9 Å². The number of carbonyl (C=O) groups is 1. The molecule has 0 radical (unpaired) electrons. The SMILES string of the molecule is CC(C)C(C#N)C(=O)NCCc1ccccc1Br. The third-order valence-corrected chi connectivity index (χ3v) is 3.51. The summed E-state index contributed by atoms with van der Waals surface area (Å²) in [6.07, 6.45) is 0.753. The molecule has 4 heteroatoms. The number of benzene rings is 1. The summed E-state index contributed by atoms with van der Waals surface area (Å²) in [5.41, 5.74) is 1.15. The van der Waals surface area contributed by atoms with Gasteiger partial charge in [-0.05, 0) is 24.0 Å². The first-order valence-electron chi connectivity index (χ1n) is 5.97. The van der Waals surface area contributed by atoms with Gasteiger partial charge in [0.2, 0.25) is 5.91 Å². The van der Waals surface area contributed by atoms with E-state index in [9.17, 15) is 4.79 Å². The largest absolute Gasteiger partial charge is 0.355 e. The van der Waals surface area contributed by atoms with Gasteiger partial charge in [0.25, 0.3) is 0 Å². The number of nitriles is 1. The second-order valence-electron chi connectivity index (χ2n) is 4.48. The minimum Gasteiger partial charge on any atom is -0.355 e. The fourth-order valence-electron chi connectivity index (χ4n) is 1.64. The highest BCUT2D eigenvalue weighted by Gasteiger charge is 2.20.